The topological polar surface area (TPSA) is 189 Å². The Bertz CT molecular complexity index is 1150. The lowest BCUT2D eigenvalue weighted by Crippen LogP contribution is -2.36. The molecule has 0 aromatic heterocycles. The largest absolute Gasteiger partial charge is 0.481 e. The predicted octanol–water partition coefficient (Wildman–Crippen LogP) is 1.71. The van der Waals surface area contributed by atoms with E-state index < -0.39 is 34.0 Å². The zero-order valence-corrected chi connectivity index (χ0v) is 20.0. The van der Waals surface area contributed by atoms with E-state index in [-0.39, 0.29) is 47.4 Å². The number of amidine groups is 1. The van der Waals surface area contributed by atoms with Crippen LogP contribution in [0.4, 0.5) is 0 Å². The molecule has 0 saturated carbocycles. The Morgan fingerprint density at radius 3 is 2.26 bits per heavy atom. The Hall–Kier alpha value is -3.19. The lowest BCUT2D eigenvalue weighted by atomic mass is 10.0. The normalized spacial score (nSPS) is 11.4. The number of halogens is 1. The number of aliphatic carboxylic acids is 2. The summed E-state index contributed by atoms with van der Waals surface area (Å²) in [6.45, 7) is 2.59. The summed E-state index contributed by atoms with van der Waals surface area (Å²) in [6.07, 6.45) is -0.159. The highest BCUT2D eigenvalue weighted by atomic mass is 35.5. The molecule has 0 atom stereocenters. The van der Waals surface area contributed by atoms with Crippen molar-refractivity contribution < 1.29 is 38.0 Å². The van der Waals surface area contributed by atoms with E-state index in [1.54, 1.807) is 6.07 Å². The molecule has 0 aliphatic rings. The molecule has 0 spiro atoms. The van der Waals surface area contributed by atoms with Gasteiger partial charge in [0.15, 0.2) is 5.75 Å². The van der Waals surface area contributed by atoms with Gasteiger partial charge in [-0.25, -0.2) is 17.9 Å². The summed E-state index contributed by atoms with van der Waals surface area (Å²) in [6, 6.07) is 10.1. The summed E-state index contributed by atoms with van der Waals surface area (Å²) in [4.78, 5) is 32.4. The maximum Gasteiger partial charge on any atom is 0.339 e. The van der Waals surface area contributed by atoms with Crippen molar-refractivity contribution in [1.29, 1.82) is 5.41 Å². The van der Waals surface area contributed by atoms with Crippen LogP contribution in [-0.4, -0.2) is 48.6 Å². The van der Waals surface area contributed by atoms with E-state index in [1.165, 1.54) is 50.2 Å². The van der Waals surface area contributed by atoms with Crippen LogP contribution in [0.3, 0.4) is 0 Å². The van der Waals surface area contributed by atoms with Crippen LogP contribution < -0.4 is 15.3 Å². The number of rotatable bonds is 12. The van der Waals surface area contributed by atoms with Gasteiger partial charge in [0, 0.05) is 17.7 Å². The van der Waals surface area contributed by atoms with Gasteiger partial charge in [-0.1, -0.05) is 12.1 Å². The second-order valence-electron chi connectivity index (χ2n) is 7.58. The van der Waals surface area contributed by atoms with Gasteiger partial charge in [-0.05, 0) is 56.2 Å². The molecule has 2 rings (SSSR count). The molecule has 0 aliphatic carbocycles. The number of hydrogen-bond donors (Lipinski definition) is 5. The summed E-state index contributed by atoms with van der Waals surface area (Å²) in [5.41, 5.74) is 4.98. The molecule has 0 unspecified atom stereocenters. The van der Waals surface area contributed by atoms with Crippen molar-refractivity contribution in [1.82, 2.24) is 4.72 Å². The lowest BCUT2D eigenvalue weighted by Gasteiger charge is -2.19. The minimum Gasteiger partial charge on any atom is -0.481 e. The number of nitrogens with two attached hydrogens (primary N) is 1. The van der Waals surface area contributed by atoms with Gasteiger partial charge in [0.2, 0.25) is 15.6 Å². The van der Waals surface area contributed by atoms with Crippen molar-refractivity contribution in [3.05, 3.63) is 59.2 Å². The van der Waals surface area contributed by atoms with Gasteiger partial charge in [0.25, 0.3) is 0 Å². The smallest absolute Gasteiger partial charge is 0.339 e. The van der Waals surface area contributed by atoms with Crippen molar-refractivity contribution in [2.24, 2.45) is 5.73 Å². The quantitative estimate of drug-likeness (QED) is 0.121. The molecule has 0 amide bonds. The first-order valence-electron chi connectivity index (χ1n) is 9.68. The molecule has 0 bridgehead atoms. The summed E-state index contributed by atoms with van der Waals surface area (Å²) in [5.74, 6) is -2.53. The molecule has 13 heteroatoms. The van der Waals surface area contributed by atoms with Crippen LogP contribution in [0.2, 0.25) is 0 Å². The van der Waals surface area contributed by atoms with E-state index in [0.717, 1.165) is 0 Å². The van der Waals surface area contributed by atoms with Gasteiger partial charge < -0.3 is 20.8 Å². The molecular formula is C21H26ClN3O8S. The summed E-state index contributed by atoms with van der Waals surface area (Å²) in [7, 11) is -3.80. The lowest BCUT2D eigenvalue weighted by molar-refractivity contribution is -0.278. The Morgan fingerprint density at radius 2 is 1.74 bits per heavy atom. The molecule has 2 aromatic rings. The first-order chi connectivity index (χ1) is 15.3. The van der Waals surface area contributed by atoms with Crippen molar-refractivity contribution >= 4 is 40.2 Å². The fourth-order valence-electron chi connectivity index (χ4n) is 2.58. The highest BCUT2D eigenvalue weighted by Crippen LogP contribution is 2.24. The second-order valence-corrected chi connectivity index (χ2v) is 9.35. The molecule has 6 N–H and O–H groups in total. The SMILES string of the molecule is CC(C)(OOc1ccc(CCNS(=O)(=O)c2ccc(C(=N)N)cc2)cc1CC(=O)O)C(=O)O.Cl. The highest BCUT2D eigenvalue weighted by Gasteiger charge is 2.31. The number of nitrogen functional groups attached to an aromatic ring is 1. The zero-order chi connectivity index (χ0) is 24.8. The molecule has 0 heterocycles. The molecule has 2 aromatic carbocycles. The Morgan fingerprint density at radius 1 is 1.12 bits per heavy atom. The van der Waals surface area contributed by atoms with Crippen LogP contribution >= 0.6 is 12.4 Å². The molecule has 34 heavy (non-hydrogen) atoms. The summed E-state index contributed by atoms with van der Waals surface area (Å²) < 4.78 is 27.3. The molecule has 0 fully saturated rings. The van der Waals surface area contributed by atoms with Crippen LogP contribution in [0.15, 0.2) is 47.4 Å². The highest BCUT2D eigenvalue weighted by molar-refractivity contribution is 7.89. The van der Waals surface area contributed by atoms with Crippen LogP contribution in [0.25, 0.3) is 0 Å². The Kier molecular flexibility index (Phi) is 10.0. The van der Waals surface area contributed by atoms with Crippen molar-refractivity contribution in [3.63, 3.8) is 0 Å². The summed E-state index contributed by atoms with van der Waals surface area (Å²) >= 11 is 0. The van der Waals surface area contributed by atoms with E-state index in [2.05, 4.69) is 4.72 Å². The van der Waals surface area contributed by atoms with Crippen LogP contribution in [0, 0.1) is 5.41 Å². The standard InChI is InChI=1S/C21H25N3O8S.ClH/c1-21(2,20(27)28)32-31-17-8-3-13(11-15(17)12-18(25)26)9-10-24-33(29,30)16-6-4-14(5-7-16)19(22)23;/h3-8,11,24H,9-10,12H2,1-2H3,(H3,22,23)(H,25,26)(H,27,28);1H. The summed E-state index contributed by atoms with van der Waals surface area (Å²) in [5, 5.41) is 25.6. The van der Waals surface area contributed by atoms with E-state index in [0.29, 0.717) is 11.1 Å². The van der Waals surface area contributed by atoms with E-state index in [9.17, 15) is 18.0 Å². The molecular weight excluding hydrogens is 490 g/mol. The minimum absolute atomic E-state index is 0. The van der Waals surface area contributed by atoms with Crippen molar-refractivity contribution in [2.45, 2.75) is 37.2 Å². The maximum atomic E-state index is 12.4. The van der Waals surface area contributed by atoms with Gasteiger partial charge in [-0.2, -0.15) is 4.89 Å². The van der Waals surface area contributed by atoms with E-state index in [1.807, 2.05) is 0 Å². The molecule has 0 aliphatic heterocycles. The Labute approximate surface area is 202 Å². The molecule has 0 saturated heterocycles. The Balaban J connectivity index is 0.00000578. The third-order valence-electron chi connectivity index (χ3n) is 4.50. The van der Waals surface area contributed by atoms with Gasteiger partial charge in [-0.15, -0.1) is 12.4 Å². The number of carboxylic acids is 2. The van der Waals surface area contributed by atoms with E-state index in [4.69, 9.17) is 31.1 Å². The number of carbonyl (C=O) groups is 2. The number of benzene rings is 2. The third kappa shape index (κ3) is 7.99. The minimum atomic E-state index is -3.80. The zero-order valence-electron chi connectivity index (χ0n) is 18.4. The van der Waals surface area contributed by atoms with Gasteiger partial charge in [-0.3, -0.25) is 10.2 Å². The van der Waals surface area contributed by atoms with Gasteiger partial charge in [0.05, 0.1) is 11.3 Å². The monoisotopic (exact) mass is 515 g/mol. The van der Waals surface area contributed by atoms with Gasteiger partial charge in [0.1, 0.15) is 5.84 Å². The average Bonchev–Trinajstić information content (AvgIpc) is 2.72. The van der Waals surface area contributed by atoms with Crippen molar-refractivity contribution in [2.75, 3.05) is 6.54 Å². The molecule has 186 valence electrons. The first kappa shape index (κ1) is 28.8. The average molecular weight is 516 g/mol. The number of nitrogens with one attached hydrogen (secondary N) is 2. The van der Waals surface area contributed by atoms with Crippen LogP contribution in [0.1, 0.15) is 30.5 Å². The van der Waals surface area contributed by atoms with Gasteiger partial charge >= 0.3 is 11.9 Å². The molecule has 11 nitrogen and oxygen atoms in total. The number of hydrogen-bond acceptors (Lipinski definition) is 7. The van der Waals surface area contributed by atoms with Crippen LogP contribution in [0.5, 0.6) is 5.75 Å². The predicted molar refractivity (Wildman–Crippen MR) is 125 cm³/mol. The number of carboxylic acid groups (broad SMARTS) is 2. The third-order valence-corrected chi connectivity index (χ3v) is 5.98. The second kappa shape index (κ2) is 11.8. The molecule has 0 radical (unpaired) electrons. The maximum absolute atomic E-state index is 12.4. The first-order valence-corrected chi connectivity index (χ1v) is 11.2. The fraction of sp³-hybridized carbons (Fsp3) is 0.286. The van der Waals surface area contributed by atoms with E-state index >= 15 is 0 Å². The number of sulfonamides is 1. The van der Waals surface area contributed by atoms with Crippen LogP contribution in [-0.2, 0) is 37.3 Å². The van der Waals surface area contributed by atoms with Crippen molar-refractivity contribution in [3.8, 4) is 5.75 Å². The fourth-order valence-corrected chi connectivity index (χ4v) is 3.61.